The van der Waals surface area contributed by atoms with Crippen molar-refractivity contribution >= 4 is 39.4 Å². The zero-order valence-electron chi connectivity index (χ0n) is 18.5. The van der Waals surface area contributed by atoms with Crippen LogP contribution in [0.3, 0.4) is 0 Å². The Kier molecular flexibility index (Phi) is 8.06. The van der Waals surface area contributed by atoms with Gasteiger partial charge in [0.2, 0.25) is 11.9 Å². The molecule has 0 aliphatic carbocycles. The van der Waals surface area contributed by atoms with Crippen LogP contribution < -0.4 is 10.5 Å². The van der Waals surface area contributed by atoms with E-state index in [-0.39, 0.29) is 31.5 Å². The summed E-state index contributed by atoms with van der Waals surface area (Å²) < 4.78 is 29.5. The van der Waals surface area contributed by atoms with E-state index in [1.807, 2.05) is 42.5 Å². The van der Waals surface area contributed by atoms with Crippen molar-refractivity contribution < 1.29 is 13.2 Å². The number of nitrogens with two attached hydrogens (primary N) is 1. The highest BCUT2D eigenvalue weighted by molar-refractivity contribution is 7.87. The molecular weight excluding hydrogens is 464 g/mol. The number of hydrogen-bond donors (Lipinski definition) is 2. The van der Waals surface area contributed by atoms with Gasteiger partial charge in [0.05, 0.1) is 12.3 Å². The number of carbonyl (C=O) groups excluding carboxylic acids is 1. The van der Waals surface area contributed by atoms with Gasteiger partial charge in [0.1, 0.15) is 6.54 Å². The summed E-state index contributed by atoms with van der Waals surface area (Å²) in [6.07, 6.45) is 0. The highest BCUT2D eigenvalue weighted by atomic mass is 35.5. The number of halogens is 1. The Morgan fingerprint density at radius 2 is 1.82 bits per heavy atom. The van der Waals surface area contributed by atoms with E-state index < -0.39 is 16.1 Å². The maximum absolute atomic E-state index is 12.9. The van der Waals surface area contributed by atoms with Gasteiger partial charge in [-0.1, -0.05) is 67.9 Å². The number of amides is 1. The summed E-state index contributed by atoms with van der Waals surface area (Å²) in [5, 5.41) is 6.76. The minimum absolute atomic E-state index is 0.0643. The Balaban J connectivity index is 2.03. The number of hydrazone groups is 1. The van der Waals surface area contributed by atoms with E-state index in [9.17, 15) is 13.2 Å². The molecular formula is C22H27ClN6O3S. The SMILES string of the molecule is CCN(CC)S(=O)(=O)NC(=NCC(N)=O)N1CC(c2ccccc2)C(c2ccc(Cl)cc2)=N1. The van der Waals surface area contributed by atoms with Crippen molar-refractivity contribution in [2.75, 3.05) is 26.2 Å². The summed E-state index contributed by atoms with van der Waals surface area (Å²) in [4.78, 5) is 15.5. The first-order chi connectivity index (χ1) is 15.7. The third kappa shape index (κ3) is 6.10. The molecule has 33 heavy (non-hydrogen) atoms. The Hall–Kier alpha value is -2.95. The number of nitrogens with zero attached hydrogens (tertiary/aromatic N) is 4. The maximum atomic E-state index is 12.9. The zero-order chi connectivity index (χ0) is 24.0. The maximum Gasteiger partial charge on any atom is 0.303 e. The van der Waals surface area contributed by atoms with E-state index in [1.54, 1.807) is 26.0 Å². The van der Waals surface area contributed by atoms with E-state index in [1.165, 1.54) is 9.31 Å². The first kappa shape index (κ1) is 24.7. The highest BCUT2D eigenvalue weighted by Gasteiger charge is 2.33. The normalized spacial score (nSPS) is 16.7. The van der Waals surface area contributed by atoms with Gasteiger partial charge in [-0.25, -0.2) is 14.7 Å². The molecule has 9 nitrogen and oxygen atoms in total. The third-order valence-electron chi connectivity index (χ3n) is 5.15. The van der Waals surface area contributed by atoms with Gasteiger partial charge in [-0.15, -0.1) is 0 Å². The number of hydrogen-bond acceptors (Lipinski definition) is 5. The summed E-state index contributed by atoms with van der Waals surface area (Å²) in [6, 6.07) is 17.0. The molecule has 0 bridgehead atoms. The first-order valence-electron chi connectivity index (χ1n) is 10.5. The van der Waals surface area contributed by atoms with Gasteiger partial charge in [0, 0.05) is 24.0 Å². The molecule has 3 rings (SSSR count). The number of nitrogens with one attached hydrogen (secondary N) is 1. The molecule has 176 valence electrons. The molecule has 1 unspecified atom stereocenters. The second-order valence-corrected chi connectivity index (χ2v) is 9.44. The third-order valence-corrected chi connectivity index (χ3v) is 7.04. The van der Waals surface area contributed by atoms with Crippen LogP contribution in [0, 0.1) is 0 Å². The fraction of sp³-hybridized carbons (Fsp3) is 0.318. The number of carbonyl (C=O) groups is 1. The van der Waals surface area contributed by atoms with Crippen molar-refractivity contribution in [1.82, 2.24) is 14.0 Å². The molecule has 1 aliphatic rings. The standard InChI is InChI=1S/C22H27ClN6O3S/c1-3-28(4-2)33(31,32)27-22(25-14-20(24)30)29-15-19(16-8-6-5-7-9-16)21(26-29)17-10-12-18(23)13-11-17/h5-13,19H,3-4,14-15H2,1-2H3,(H2,24,30)(H,25,27). The van der Waals surface area contributed by atoms with Gasteiger partial charge in [0.25, 0.3) is 0 Å². The number of aliphatic imine (C=N–C) groups is 1. The predicted octanol–water partition coefficient (Wildman–Crippen LogP) is 2.16. The molecule has 0 saturated carbocycles. The van der Waals surface area contributed by atoms with Crippen LogP contribution in [0.25, 0.3) is 0 Å². The molecule has 1 atom stereocenters. The predicted molar refractivity (Wildman–Crippen MR) is 130 cm³/mol. The van der Waals surface area contributed by atoms with E-state index >= 15 is 0 Å². The van der Waals surface area contributed by atoms with Crippen molar-refractivity contribution in [3.8, 4) is 0 Å². The first-order valence-corrected chi connectivity index (χ1v) is 12.3. The van der Waals surface area contributed by atoms with Crippen molar-refractivity contribution in [3.63, 3.8) is 0 Å². The molecule has 1 aliphatic heterocycles. The van der Waals surface area contributed by atoms with Crippen LogP contribution in [0.15, 0.2) is 64.7 Å². The van der Waals surface area contributed by atoms with Crippen LogP contribution >= 0.6 is 11.6 Å². The monoisotopic (exact) mass is 490 g/mol. The van der Waals surface area contributed by atoms with Gasteiger partial charge >= 0.3 is 10.2 Å². The van der Waals surface area contributed by atoms with Gasteiger partial charge in [0.15, 0.2) is 0 Å². The summed E-state index contributed by atoms with van der Waals surface area (Å²) in [5.74, 6) is -0.912. The number of guanidine groups is 1. The van der Waals surface area contributed by atoms with Crippen LogP contribution in [0.4, 0.5) is 0 Å². The zero-order valence-corrected chi connectivity index (χ0v) is 20.1. The molecule has 1 heterocycles. The smallest absolute Gasteiger partial charge is 0.303 e. The molecule has 2 aromatic carbocycles. The Morgan fingerprint density at radius 1 is 1.18 bits per heavy atom. The fourth-order valence-electron chi connectivity index (χ4n) is 3.52. The second kappa shape index (κ2) is 10.8. The summed E-state index contributed by atoms with van der Waals surface area (Å²) in [5.41, 5.74) is 7.85. The lowest BCUT2D eigenvalue weighted by Crippen LogP contribution is -2.48. The van der Waals surface area contributed by atoms with Gasteiger partial charge in [-0.3, -0.25) is 4.79 Å². The van der Waals surface area contributed by atoms with Crippen molar-refractivity contribution in [2.45, 2.75) is 19.8 Å². The van der Waals surface area contributed by atoms with E-state index in [2.05, 4.69) is 9.71 Å². The minimum Gasteiger partial charge on any atom is -0.368 e. The second-order valence-electron chi connectivity index (χ2n) is 7.34. The van der Waals surface area contributed by atoms with Gasteiger partial charge in [-0.2, -0.15) is 17.8 Å². The van der Waals surface area contributed by atoms with Gasteiger partial charge in [-0.05, 0) is 23.3 Å². The highest BCUT2D eigenvalue weighted by Crippen LogP contribution is 2.29. The van der Waals surface area contributed by atoms with Crippen LogP contribution in [0.5, 0.6) is 0 Å². The molecule has 0 spiro atoms. The molecule has 0 fully saturated rings. The summed E-state index contributed by atoms with van der Waals surface area (Å²) in [6.45, 7) is 3.97. The van der Waals surface area contributed by atoms with Gasteiger partial charge < -0.3 is 5.73 Å². The lowest BCUT2D eigenvalue weighted by atomic mass is 9.91. The van der Waals surface area contributed by atoms with E-state index in [0.717, 1.165) is 16.8 Å². The molecule has 11 heteroatoms. The quantitative estimate of drug-likeness (QED) is 0.435. The van der Waals surface area contributed by atoms with Crippen molar-refractivity contribution in [2.24, 2.45) is 15.8 Å². The average molecular weight is 491 g/mol. The topological polar surface area (TPSA) is 120 Å². The largest absolute Gasteiger partial charge is 0.368 e. The Morgan fingerprint density at radius 3 is 2.39 bits per heavy atom. The minimum atomic E-state index is -3.90. The molecule has 2 aromatic rings. The summed E-state index contributed by atoms with van der Waals surface area (Å²) >= 11 is 6.06. The number of primary amides is 1. The average Bonchev–Trinajstić information content (AvgIpc) is 3.23. The van der Waals surface area contributed by atoms with Crippen molar-refractivity contribution in [1.29, 1.82) is 0 Å². The molecule has 0 radical (unpaired) electrons. The number of rotatable bonds is 8. The fourth-order valence-corrected chi connectivity index (χ4v) is 4.86. The van der Waals surface area contributed by atoms with E-state index in [4.69, 9.17) is 22.4 Å². The molecule has 0 saturated heterocycles. The Labute approximate surface area is 199 Å². The summed E-state index contributed by atoms with van der Waals surface area (Å²) in [7, 11) is -3.90. The molecule has 1 amide bonds. The lowest BCUT2D eigenvalue weighted by Gasteiger charge is -2.23. The van der Waals surface area contributed by atoms with Crippen LogP contribution in [0.1, 0.15) is 30.9 Å². The molecule has 3 N–H and O–H groups in total. The Bertz CT molecular complexity index is 1130. The van der Waals surface area contributed by atoms with Crippen LogP contribution in [-0.2, 0) is 15.0 Å². The van der Waals surface area contributed by atoms with Crippen LogP contribution in [-0.4, -0.2) is 61.5 Å². The van der Waals surface area contributed by atoms with Crippen molar-refractivity contribution in [3.05, 3.63) is 70.7 Å². The molecule has 0 aromatic heterocycles. The van der Waals surface area contributed by atoms with Crippen LogP contribution in [0.2, 0.25) is 5.02 Å². The number of benzene rings is 2. The van der Waals surface area contributed by atoms with E-state index in [0.29, 0.717) is 11.6 Å². The lowest BCUT2D eigenvalue weighted by molar-refractivity contribution is -0.116.